The molecule has 1 N–H and O–H groups in total. The lowest BCUT2D eigenvalue weighted by Gasteiger charge is -2.16. The molecule has 2 atom stereocenters. The van der Waals surface area contributed by atoms with Gasteiger partial charge in [0, 0.05) is 12.7 Å². The predicted octanol–water partition coefficient (Wildman–Crippen LogP) is 2.93. The summed E-state index contributed by atoms with van der Waals surface area (Å²) in [5.74, 6) is -0.433. The molecule has 0 saturated carbocycles. The van der Waals surface area contributed by atoms with E-state index in [0.717, 1.165) is 23.7 Å². The maximum atomic E-state index is 12.4. The molecule has 0 saturated heterocycles. The standard InChI is InChI=1S/C19H27NO4S/c1-12(2)10-15-6-8-16(9-7-15)13(3)19(23)25-11-17(18(22)24-5)20-14(4)21/h6-9,12-13,17H,10-11H2,1-5H3,(H,20,21)/t13-,17+/m0/s1. The van der Waals surface area contributed by atoms with Crippen LogP contribution < -0.4 is 5.32 Å². The summed E-state index contributed by atoms with van der Waals surface area (Å²) in [6.45, 7) is 7.51. The van der Waals surface area contributed by atoms with E-state index in [9.17, 15) is 14.4 Å². The van der Waals surface area contributed by atoms with Crippen LogP contribution in [0.5, 0.6) is 0 Å². The average molecular weight is 365 g/mol. The van der Waals surface area contributed by atoms with Crippen LogP contribution in [0.3, 0.4) is 0 Å². The Labute approximate surface area is 153 Å². The first kappa shape index (κ1) is 21.2. The summed E-state index contributed by atoms with van der Waals surface area (Å²) >= 11 is 1.03. The van der Waals surface area contributed by atoms with E-state index >= 15 is 0 Å². The van der Waals surface area contributed by atoms with E-state index in [1.807, 2.05) is 19.1 Å². The minimum absolute atomic E-state index is 0.0455. The van der Waals surface area contributed by atoms with Gasteiger partial charge in [-0.1, -0.05) is 56.8 Å². The second kappa shape index (κ2) is 10.2. The molecular formula is C19H27NO4S. The van der Waals surface area contributed by atoms with Crippen molar-refractivity contribution in [2.45, 2.75) is 46.1 Å². The lowest BCUT2D eigenvalue weighted by Crippen LogP contribution is -2.42. The van der Waals surface area contributed by atoms with Crippen LogP contribution in [-0.4, -0.2) is 35.9 Å². The first-order valence-corrected chi connectivity index (χ1v) is 9.33. The topological polar surface area (TPSA) is 72.5 Å². The molecule has 0 aliphatic carbocycles. The van der Waals surface area contributed by atoms with Crippen molar-refractivity contribution in [1.82, 2.24) is 5.32 Å². The highest BCUT2D eigenvalue weighted by atomic mass is 32.2. The van der Waals surface area contributed by atoms with Gasteiger partial charge in [-0.15, -0.1) is 0 Å². The molecule has 1 aromatic rings. The van der Waals surface area contributed by atoms with Gasteiger partial charge in [0.1, 0.15) is 6.04 Å². The third-order valence-electron chi connectivity index (χ3n) is 3.73. The van der Waals surface area contributed by atoms with E-state index < -0.39 is 12.0 Å². The Morgan fingerprint density at radius 1 is 1.12 bits per heavy atom. The lowest BCUT2D eigenvalue weighted by atomic mass is 9.97. The fourth-order valence-electron chi connectivity index (χ4n) is 2.40. The molecule has 0 bridgehead atoms. The number of methoxy groups -OCH3 is 1. The van der Waals surface area contributed by atoms with Crippen molar-refractivity contribution in [2.75, 3.05) is 12.9 Å². The molecule has 0 unspecified atom stereocenters. The molecule has 5 nitrogen and oxygen atoms in total. The fraction of sp³-hybridized carbons (Fsp3) is 0.526. The van der Waals surface area contributed by atoms with Crippen molar-refractivity contribution in [3.63, 3.8) is 0 Å². The van der Waals surface area contributed by atoms with Gasteiger partial charge in [0.15, 0.2) is 5.12 Å². The lowest BCUT2D eigenvalue weighted by molar-refractivity contribution is -0.144. The molecule has 0 aliphatic heterocycles. The number of thioether (sulfide) groups is 1. The number of carbonyl (C=O) groups is 3. The molecule has 1 amide bonds. The minimum Gasteiger partial charge on any atom is -0.467 e. The molecule has 138 valence electrons. The van der Waals surface area contributed by atoms with E-state index in [0.29, 0.717) is 5.92 Å². The molecule has 6 heteroatoms. The summed E-state index contributed by atoms with van der Waals surface area (Å²) in [5.41, 5.74) is 2.20. The Morgan fingerprint density at radius 2 is 1.72 bits per heavy atom. The van der Waals surface area contributed by atoms with E-state index in [1.165, 1.54) is 19.6 Å². The summed E-state index contributed by atoms with van der Waals surface area (Å²) in [6.07, 6.45) is 1.01. The van der Waals surface area contributed by atoms with Crippen molar-refractivity contribution < 1.29 is 19.1 Å². The zero-order valence-electron chi connectivity index (χ0n) is 15.5. The third-order valence-corrected chi connectivity index (χ3v) is 4.87. The van der Waals surface area contributed by atoms with E-state index in [2.05, 4.69) is 36.0 Å². The zero-order chi connectivity index (χ0) is 19.0. The van der Waals surface area contributed by atoms with Crippen LogP contribution in [-0.2, 0) is 25.5 Å². The maximum absolute atomic E-state index is 12.4. The van der Waals surface area contributed by atoms with Crippen molar-refractivity contribution in [1.29, 1.82) is 0 Å². The molecule has 25 heavy (non-hydrogen) atoms. The SMILES string of the molecule is COC(=O)[C@@H](CSC(=O)[C@@H](C)c1ccc(CC(C)C)cc1)NC(C)=O. The van der Waals surface area contributed by atoms with Gasteiger partial charge in [0.05, 0.1) is 13.0 Å². The van der Waals surface area contributed by atoms with Crippen LogP contribution in [0.1, 0.15) is 44.7 Å². The number of hydrogen-bond donors (Lipinski definition) is 1. The molecule has 0 aliphatic rings. The smallest absolute Gasteiger partial charge is 0.329 e. The summed E-state index contributed by atoms with van der Waals surface area (Å²) in [6, 6.07) is 7.24. The Hall–Kier alpha value is -1.82. The molecule has 0 heterocycles. The molecule has 0 fully saturated rings. The summed E-state index contributed by atoms with van der Waals surface area (Å²) < 4.78 is 4.66. The monoisotopic (exact) mass is 365 g/mol. The molecule has 0 spiro atoms. The van der Waals surface area contributed by atoms with Crippen LogP contribution >= 0.6 is 11.8 Å². The van der Waals surface area contributed by atoms with Gasteiger partial charge in [0.25, 0.3) is 0 Å². The Kier molecular flexibility index (Phi) is 8.69. The molecular weight excluding hydrogens is 338 g/mol. The second-order valence-corrected chi connectivity index (χ2v) is 7.49. The van der Waals surface area contributed by atoms with E-state index in [-0.39, 0.29) is 22.7 Å². The van der Waals surface area contributed by atoms with Crippen molar-refractivity contribution in [3.8, 4) is 0 Å². The summed E-state index contributed by atoms with van der Waals surface area (Å²) in [4.78, 5) is 35.2. The van der Waals surface area contributed by atoms with Crippen molar-refractivity contribution >= 4 is 28.8 Å². The van der Waals surface area contributed by atoms with Gasteiger partial charge < -0.3 is 10.1 Å². The highest BCUT2D eigenvalue weighted by molar-refractivity contribution is 8.13. The van der Waals surface area contributed by atoms with Crippen molar-refractivity contribution in [3.05, 3.63) is 35.4 Å². The van der Waals surface area contributed by atoms with E-state index in [1.54, 1.807) is 0 Å². The van der Waals surface area contributed by atoms with Gasteiger partial charge in [-0.3, -0.25) is 9.59 Å². The van der Waals surface area contributed by atoms with Crippen LogP contribution in [0.25, 0.3) is 0 Å². The summed E-state index contributed by atoms with van der Waals surface area (Å²) in [7, 11) is 1.25. The number of rotatable bonds is 8. The normalized spacial score (nSPS) is 13.2. The molecule has 1 rings (SSSR count). The number of esters is 1. The van der Waals surface area contributed by atoms with Gasteiger partial charge >= 0.3 is 5.97 Å². The van der Waals surface area contributed by atoms with Gasteiger partial charge in [-0.2, -0.15) is 0 Å². The molecule has 1 aromatic carbocycles. The predicted molar refractivity (Wildman–Crippen MR) is 100 cm³/mol. The largest absolute Gasteiger partial charge is 0.467 e. The Morgan fingerprint density at radius 3 is 2.20 bits per heavy atom. The second-order valence-electron chi connectivity index (χ2n) is 6.47. The van der Waals surface area contributed by atoms with Crippen LogP contribution in [0.15, 0.2) is 24.3 Å². The third kappa shape index (κ3) is 7.30. The number of amides is 1. The number of ether oxygens (including phenoxy) is 1. The van der Waals surface area contributed by atoms with Crippen LogP contribution in [0.2, 0.25) is 0 Å². The summed E-state index contributed by atoms with van der Waals surface area (Å²) in [5, 5.41) is 2.46. The number of nitrogens with one attached hydrogen (secondary N) is 1. The zero-order valence-corrected chi connectivity index (χ0v) is 16.3. The molecule has 0 radical (unpaired) electrons. The average Bonchev–Trinajstić information content (AvgIpc) is 2.56. The van der Waals surface area contributed by atoms with Gasteiger partial charge in [0.2, 0.25) is 5.91 Å². The number of carbonyl (C=O) groups excluding carboxylic acids is 3. The van der Waals surface area contributed by atoms with E-state index in [4.69, 9.17) is 0 Å². The minimum atomic E-state index is -0.822. The van der Waals surface area contributed by atoms with Gasteiger partial charge in [-0.05, 0) is 23.5 Å². The Balaban J connectivity index is 2.65. The quantitative estimate of drug-likeness (QED) is 0.717. The number of benzene rings is 1. The highest BCUT2D eigenvalue weighted by Crippen LogP contribution is 2.24. The first-order valence-electron chi connectivity index (χ1n) is 8.35. The van der Waals surface area contributed by atoms with Crippen LogP contribution in [0, 0.1) is 5.92 Å². The molecule has 0 aromatic heterocycles. The number of hydrogen-bond acceptors (Lipinski definition) is 5. The van der Waals surface area contributed by atoms with Crippen LogP contribution in [0.4, 0.5) is 0 Å². The first-order chi connectivity index (χ1) is 11.7. The van der Waals surface area contributed by atoms with Gasteiger partial charge in [-0.25, -0.2) is 4.79 Å². The maximum Gasteiger partial charge on any atom is 0.329 e. The Bertz CT molecular complexity index is 598. The highest BCUT2D eigenvalue weighted by Gasteiger charge is 2.24. The fourth-order valence-corrected chi connectivity index (χ4v) is 3.33. The van der Waals surface area contributed by atoms with Crippen molar-refractivity contribution in [2.24, 2.45) is 5.92 Å².